The average Bonchev–Trinajstić information content (AvgIpc) is 3.69. The fourth-order valence-electron chi connectivity index (χ4n) is 4.94. The first kappa shape index (κ1) is 32.4. The van der Waals surface area contributed by atoms with E-state index >= 15 is 0 Å². The summed E-state index contributed by atoms with van der Waals surface area (Å²) < 4.78 is 12.3. The summed E-state index contributed by atoms with van der Waals surface area (Å²) in [7, 11) is 1.31. The summed E-state index contributed by atoms with van der Waals surface area (Å²) in [5.41, 5.74) is 6.56. The van der Waals surface area contributed by atoms with Gasteiger partial charge in [0.2, 0.25) is 11.8 Å². The Kier molecular flexibility index (Phi) is 10.9. The minimum atomic E-state index is -1.22. The minimum Gasteiger partial charge on any atom is -0.467 e. The van der Waals surface area contributed by atoms with Crippen LogP contribution in [0.4, 0.5) is 5.82 Å². The van der Waals surface area contributed by atoms with Crippen molar-refractivity contribution in [3.63, 3.8) is 0 Å². The number of likely N-dealkylation sites (tertiary alicyclic amines) is 1. The van der Waals surface area contributed by atoms with Crippen molar-refractivity contribution in [1.82, 2.24) is 19.8 Å². The highest BCUT2D eigenvalue weighted by Gasteiger charge is 2.38. The second-order valence-electron chi connectivity index (χ2n) is 11.4. The first-order valence-electron chi connectivity index (χ1n) is 14.5. The van der Waals surface area contributed by atoms with E-state index in [0.29, 0.717) is 25.8 Å². The van der Waals surface area contributed by atoms with E-state index in [4.69, 9.17) is 15.2 Å². The maximum atomic E-state index is 13.9. The normalized spacial score (nSPS) is 16.2. The lowest BCUT2D eigenvalue weighted by Gasteiger charge is -2.28. The van der Waals surface area contributed by atoms with Gasteiger partial charge in [0.05, 0.1) is 32.2 Å². The Morgan fingerprint density at radius 1 is 1.05 bits per heavy atom. The van der Waals surface area contributed by atoms with E-state index in [1.54, 1.807) is 29.5 Å². The molecule has 0 radical (unpaired) electrons. The molecule has 1 aliphatic rings. The number of carbonyl (C=O) groups excluding carboxylic acids is 4. The van der Waals surface area contributed by atoms with Crippen LogP contribution in [0.15, 0.2) is 73.2 Å². The molecule has 1 aliphatic heterocycles. The first-order valence-corrected chi connectivity index (χ1v) is 14.5. The van der Waals surface area contributed by atoms with Crippen molar-refractivity contribution in [3.8, 4) is 0 Å². The SMILES string of the molecule is COC(=O)C1CCCN1C(=O)C(Cc1ccccc1)n1cnc(NC(=O)C(COCc2ccccc2)NC(=O)C(C)(C)N)c1. The lowest BCUT2D eigenvalue weighted by Crippen LogP contribution is -2.56. The number of rotatable bonds is 13. The molecule has 44 heavy (non-hydrogen) atoms. The Balaban J connectivity index is 1.51. The molecule has 1 aromatic heterocycles. The number of nitrogens with two attached hydrogens (primary N) is 1. The van der Waals surface area contributed by atoms with Crippen LogP contribution in [0, 0.1) is 0 Å². The number of aromatic nitrogens is 2. The molecule has 3 amide bonds. The van der Waals surface area contributed by atoms with Crippen molar-refractivity contribution in [1.29, 1.82) is 0 Å². The van der Waals surface area contributed by atoms with Crippen LogP contribution < -0.4 is 16.4 Å². The van der Waals surface area contributed by atoms with Crippen molar-refractivity contribution in [3.05, 3.63) is 84.3 Å². The largest absolute Gasteiger partial charge is 0.467 e. The van der Waals surface area contributed by atoms with Crippen LogP contribution in [0.2, 0.25) is 0 Å². The number of anilines is 1. The molecule has 1 saturated heterocycles. The summed E-state index contributed by atoms with van der Waals surface area (Å²) in [4.78, 5) is 58.2. The van der Waals surface area contributed by atoms with Gasteiger partial charge < -0.3 is 35.3 Å². The molecule has 0 spiro atoms. The molecule has 3 unspecified atom stereocenters. The Morgan fingerprint density at radius 3 is 2.34 bits per heavy atom. The van der Waals surface area contributed by atoms with Crippen molar-refractivity contribution >= 4 is 29.5 Å². The number of hydrogen-bond acceptors (Lipinski definition) is 8. The molecule has 1 fully saturated rings. The van der Waals surface area contributed by atoms with E-state index < -0.39 is 41.4 Å². The Labute approximate surface area is 256 Å². The molecule has 2 aromatic carbocycles. The molecule has 12 heteroatoms. The molecular weight excluding hydrogens is 564 g/mol. The summed E-state index contributed by atoms with van der Waals surface area (Å²) in [6.45, 7) is 3.65. The van der Waals surface area contributed by atoms with E-state index in [2.05, 4.69) is 15.6 Å². The number of nitrogens with one attached hydrogen (secondary N) is 2. The number of methoxy groups -OCH3 is 1. The number of nitrogens with zero attached hydrogens (tertiary/aromatic N) is 3. The van der Waals surface area contributed by atoms with Gasteiger partial charge in [-0.05, 0) is 37.8 Å². The Morgan fingerprint density at radius 2 is 1.70 bits per heavy atom. The van der Waals surface area contributed by atoms with Crippen LogP contribution in [0.25, 0.3) is 0 Å². The predicted molar refractivity (Wildman–Crippen MR) is 163 cm³/mol. The Hall–Kier alpha value is -4.55. The minimum absolute atomic E-state index is 0.109. The molecule has 234 valence electrons. The lowest BCUT2D eigenvalue weighted by molar-refractivity contribution is -0.152. The highest BCUT2D eigenvalue weighted by atomic mass is 16.5. The summed E-state index contributed by atoms with van der Waals surface area (Å²) in [5, 5.41) is 5.39. The summed E-state index contributed by atoms with van der Waals surface area (Å²) in [5.74, 6) is -1.60. The number of imidazole rings is 1. The summed E-state index contributed by atoms with van der Waals surface area (Å²) in [6.07, 6.45) is 4.58. The number of benzene rings is 2. The molecular formula is C32H40N6O6. The second kappa shape index (κ2) is 14.8. The van der Waals surface area contributed by atoms with Crippen LogP contribution in [0.1, 0.15) is 43.9 Å². The third kappa shape index (κ3) is 8.51. The van der Waals surface area contributed by atoms with E-state index in [1.807, 2.05) is 60.7 Å². The number of esters is 1. The first-order chi connectivity index (χ1) is 21.1. The molecule has 4 N–H and O–H groups in total. The number of hydrogen-bond donors (Lipinski definition) is 3. The Bertz CT molecular complexity index is 1420. The zero-order valence-corrected chi connectivity index (χ0v) is 25.3. The fraction of sp³-hybridized carbons (Fsp3) is 0.406. The highest BCUT2D eigenvalue weighted by Crippen LogP contribution is 2.26. The van der Waals surface area contributed by atoms with Crippen LogP contribution >= 0.6 is 0 Å². The number of amides is 3. The molecule has 4 rings (SSSR count). The summed E-state index contributed by atoms with van der Waals surface area (Å²) >= 11 is 0. The van der Waals surface area contributed by atoms with Crippen LogP contribution in [0.3, 0.4) is 0 Å². The number of carbonyl (C=O) groups is 4. The zero-order chi connectivity index (χ0) is 31.7. The van der Waals surface area contributed by atoms with Gasteiger partial charge in [0.1, 0.15) is 18.1 Å². The molecule has 0 aliphatic carbocycles. The third-order valence-corrected chi connectivity index (χ3v) is 7.38. The van der Waals surface area contributed by atoms with Gasteiger partial charge in [-0.25, -0.2) is 9.78 Å². The van der Waals surface area contributed by atoms with E-state index in [0.717, 1.165) is 11.1 Å². The quantitative estimate of drug-likeness (QED) is 0.251. The topological polar surface area (TPSA) is 158 Å². The maximum Gasteiger partial charge on any atom is 0.328 e. The summed E-state index contributed by atoms with van der Waals surface area (Å²) in [6, 6.07) is 16.5. The molecule has 0 saturated carbocycles. The predicted octanol–water partition coefficient (Wildman–Crippen LogP) is 2.21. The van der Waals surface area contributed by atoms with E-state index in [-0.39, 0.29) is 24.9 Å². The van der Waals surface area contributed by atoms with Gasteiger partial charge in [-0.2, -0.15) is 0 Å². The van der Waals surface area contributed by atoms with Gasteiger partial charge in [-0.3, -0.25) is 14.4 Å². The van der Waals surface area contributed by atoms with Crippen LogP contribution in [0.5, 0.6) is 0 Å². The van der Waals surface area contributed by atoms with Gasteiger partial charge in [-0.15, -0.1) is 0 Å². The average molecular weight is 605 g/mol. The lowest BCUT2D eigenvalue weighted by atomic mass is 10.0. The zero-order valence-electron chi connectivity index (χ0n) is 25.3. The fourth-order valence-corrected chi connectivity index (χ4v) is 4.94. The molecule has 3 atom stereocenters. The molecule has 2 heterocycles. The standard InChI is InChI=1S/C32H40N6O6/c1-32(2,33)31(42)35-24(20-44-19-23-13-8-5-9-14-23)28(39)36-27-18-37(21-34-27)26(17-22-11-6-4-7-12-22)29(40)38-16-10-15-25(38)30(41)43-3/h4-9,11-14,18,21,24-26H,10,15-17,19-20,33H2,1-3H3,(H,35,42)(H,36,39). The molecule has 3 aromatic rings. The van der Waals surface area contributed by atoms with E-state index in [9.17, 15) is 19.2 Å². The van der Waals surface area contributed by atoms with Crippen molar-refractivity contribution in [2.45, 2.75) is 63.4 Å². The maximum absolute atomic E-state index is 13.9. The third-order valence-electron chi connectivity index (χ3n) is 7.38. The van der Waals surface area contributed by atoms with Crippen LogP contribution in [-0.4, -0.2) is 76.0 Å². The highest BCUT2D eigenvalue weighted by molar-refractivity contribution is 5.98. The van der Waals surface area contributed by atoms with Crippen molar-refractivity contribution in [2.75, 3.05) is 25.6 Å². The second-order valence-corrected chi connectivity index (χ2v) is 11.4. The van der Waals surface area contributed by atoms with Crippen molar-refractivity contribution < 1.29 is 28.7 Å². The van der Waals surface area contributed by atoms with E-state index in [1.165, 1.54) is 13.4 Å². The van der Waals surface area contributed by atoms with Gasteiger partial charge in [0, 0.05) is 19.2 Å². The van der Waals surface area contributed by atoms with Gasteiger partial charge in [-0.1, -0.05) is 60.7 Å². The monoisotopic (exact) mass is 604 g/mol. The van der Waals surface area contributed by atoms with Gasteiger partial charge in [0.25, 0.3) is 5.91 Å². The molecule has 12 nitrogen and oxygen atoms in total. The van der Waals surface area contributed by atoms with Gasteiger partial charge in [0.15, 0.2) is 5.82 Å². The molecule has 0 bridgehead atoms. The van der Waals surface area contributed by atoms with Crippen LogP contribution in [-0.2, 0) is 41.7 Å². The number of ether oxygens (including phenoxy) is 2. The van der Waals surface area contributed by atoms with Crippen molar-refractivity contribution in [2.24, 2.45) is 5.73 Å². The van der Waals surface area contributed by atoms with Gasteiger partial charge >= 0.3 is 5.97 Å². The smallest absolute Gasteiger partial charge is 0.328 e.